The van der Waals surface area contributed by atoms with Gasteiger partial charge in [0.1, 0.15) is 23.7 Å². The molecule has 0 saturated heterocycles. The van der Waals surface area contributed by atoms with E-state index in [1.54, 1.807) is 16.8 Å². The predicted octanol–water partition coefficient (Wildman–Crippen LogP) is 3.39. The Morgan fingerprint density at radius 2 is 2.00 bits per heavy atom. The number of likely N-dealkylation sites (N-methyl/N-ethyl adjacent to an activating group) is 1. The second-order valence-corrected chi connectivity index (χ2v) is 9.74. The normalized spacial score (nSPS) is 13.4. The Kier molecular flexibility index (Phi) is 6.36. The molecule has 1 aliphatic rings. The maximum Gasteiger partial charge on any atom is 0.273 e. The summed E-state index contributed by atoms with van der Waals surface area (Å²) in [5, 5.41) is 3.27. The average molecular weight is 480 g/mol. The number of rotatable bonds is 6. The largest absolute Gasteiger partial charge is 0.491 e. The van der Waals surface area contributed by atoms with E-state index in [0.29, 0.717) is 41.2 Å². The first-order valence-corrected chi connectivity index (χ1v) is 11.7. The summed E-state index contributed by atoms with van der Waals surface area (Å²) in [6.45, 7) is 9.95. The van der Waals surface area contributed by atoms with Crippen molar-refractivity contribution in [1.29, 1.82) is 0 Å². The Morgan fingerprint density at radius 3 is 2.66 bits per heavy atom. The van der Waals surface area contributed by atoms with Gasteiger partial charge in [0.2, 0.25) is 0 Å². The Hall–Kier alpha value is -3.75. The SMILES string of the molecule is CCOc1cc2cn(CC(=O)c3cc4c(c(C(C)(C)C)c3)OCCN4C)c(N)c2nc1C(=O)NC. The highest BCUT2D eigenvalue weighted by atomic mass is 16.5. The van der Waals surface area contributed by atoms with Gasteiger partial charge in [-0.05, 0) is 30.5 Å². The van der Waals surface area contributed by atoms with Crippen molar-refractivity contribution >= 4 is 34.1 Å². The molecule has 3 heterocycles. The number of fused-ring (bicyclic) bond motifs is 2. The fourth-order valence-electron chi connectivity index (χ4n) is 4.28. The number of hydrogen-bond acceptors (Lipinski definition) is 7. The molecule has 3 aromatic rings. The molecule has 0 spiro atoms. The number of ketones is 1. The molecule has 2 aromatic heterocycles. The molecule has 35 heavy (non-hydrogen) atoms. The van der Waals surface area contributed by atoms with Crippen LogP contribution in [0.1, 0.15) is 54.1 Å². The maximum atomic E-state index is 13.5. The molecule has 186 valence electrons. The van der Waals surface area contributed by atoms with E-state index in [9.17, 15) is 9.59 Å². The minimum absolute atomic E-state index is 0.0361. The van der Waals surface area contributed by atoms with Crippen LogP contribution in [0.3, 0.4) is 0 Å². The third-order valence-corrected chi connectivity index (χ3v) is 6.20. The lowest BCUT2D eigenvalue weighted by Gasteiger charge is -2.33. The van der Waals surface area contributed by atoms with Gasteiger partial charge in [0.15, 0.2) is 17.2 Å². The number of aromatic nitrogens is 2. The molecule has 0 aliphatic carbocycles. The van der Waals surface area contributed by atoms with Gasteiger partial charge in [-0.25, -0.2) is 4.98 Å². The van der Waals surface area contributed by atoms with Crippen LogP contribution in [0.2, 0.25) is 0 Å². The van der Waals surface area contributed by atoms with Gasteiger partial charge < -0.3 is 30.0 Å². The van der Waals surface area contributed by atoms with Crippen LogP contribution in [0.4, 0.5) is 11.5 Å². The topological polar surface area (TPSA) is 112 Å². The summed E-state index contributed by atoms with van der Waals surface area (Å²) < 4.78 is 13.3. The summed E-state index contributed by atoms with van der Waals surface area (Å²) in [5.41, 5.74) is 9.29. The minimum atomic E-state index is -0.367. The lowest BCUT2D eigenvalue weighted by molar-refractivity contribution is 0.0951. The molecule has 0 radical (unpaired) electrons. The zero-order valence-electron chi connectivity index (χ0n) is 21.2. The third kappa shape index (κ3) is 4.50. The van der Waals surface area contributed by atoms with E-state index in [2.05, 4.69) is 36.0 Å². The Labute approximate surface area is 205 Å². The number of carbonyl (C=O) groups is 2. The van der Waals surface area contributed by atoms with Crippen LogP contribution >= 0.6 is 0 Å². The number of hydrogen-bond donors (Lipinski definition) is 2. The minimum Gasteiger partial charge on any atom is -0.491 e. The van der Waals surface area contributed by atoms with Crippen molar-refractivity contribution in [2.45, 2.75) is 39.7 Å². The monoisotopic (exact) mass is 479 g/mol. The Morgan fingerprint density at radius 1 is 1.26 bits per heavy atom. The summed E-state index contributed by atoms with van der Waals surface area (Å²) in [6.07, 6.45) is 1.77. The van der Waals surface area contributed by atoms with Crippen LogP contribution in [-0.2, 0) is 12.0 Å². The second kappa shape index (κ2) is 9.13. The summed E-state index contributed by atoms with van der Waals surface area (Å²) in [4.78, 5) is 32.4. The van der Waals surface area contributed by atoms with E-state index in [1.165, 1.54) is 7.05 Å². The number of Topliss-reactive ketones (excluding diaryl/α,β-unsaturated/α-hetero) is 1. The zero-order chi connectivity index (χ0) is 25.5. The highest BCUT2D eigenvalue weighted by Crippen LogP contribution is 2.41. The van der Waals surface area contributed by atoms with Crippen LogP contribution in [-0.4, -0.2) is 55.1 Å². The quantitative estimate of drug-likeness (QED) is 0.521. The van der Waals surface area contributed by atoms with Gasteiger partial charge in [0.05, 0.1) is 25.4 Å². The predicted molar refractivity (Wildman–Crippen MR) is 137 cm³/mol. The van der Waals surface area contributed by atoms with Crippen LogP contribution in [0.5, 0.6) is 11.5 Å². The maximum absolute atomic E-state index is 13.5. The second-order valence-electron chi connectivity index (χ2n) is 9.74. The van der Waals surface area contributed by atoms with Crippen LogP contribution < -0.4 is 25.4 Å². The summed E-state index contributed by atoms with van der Waals surface area (Å²) in [5.74, 6) is 1.07. The zero-order valence-corrected chi connectivity index (χ0v) is 21.2. The highest BCUT2D eigenvalue weighted by Gasteiger charge is 2.28. The number of nitrogens with zero attached hydrogens (tertiary/aromatic N) is 3. The molecular weight excluding hydrogens is 446 g/mol. The number of nitrogen functional groups attached to an aromatic ring is 1. The fraction of sp³-hybridized carbons (Fsp3) is 0.423. The molecule has 0 unspecified atom stereocenters. The molecule has 9 heteroatoms. The number of pyridine rings is 1. The molecule has 1 aliphatic heterocycles. The Bertz CT molecular complexity index is 1310. The molecule has 0 bridgehead atoms. The molecule has 1 amide bonds. The van der Waals surface area contributed by atoms with Crippen molar-refractivity contribution < 1.29 is 19.1 Å². The van der Waals surface area contributed by atoms with Crippen LogP contribution in [0, 0.1) is 0 Å². The number of nitrogens with one attached hydrogen (secondary N) is 1. The molecular formula is C26H33N5O4. The summed E-state index contributed by atoms with van der Waals surface area (Å²) in [6, 6.07) is 5.55. The van der Waals surface area contributed by atoms with Gasteiger partial charge >= 0.3 is 0 Å². The number of ether oxygens (including phenoxy) is 2. The number of nitrogens with two attached hydrogens (primary N) is 1. The lowest BCUT2D eigenvalue weighted by Crippen LogP contribution is -2.31. The number of amides is 1. The van der Waals surface area contributed by atoms with E-state index in [1.807, 2.05) is 26.1 Å². The molecule has 0 atom stereocenters. The first-order valence-electron chi connectivity index (χ1n) is 11.7. The van der Waals surface area contributed by atoms with Crippen molar-refractivity contribution in [3.8, 4) is 11.5 Å². The van der Waals surface area contributed by atoms with Crippen molar-refractivity contribution in [1.82, 2.24) is 14.9 Å². The fourth-order valence-corrected chi connectivity index (χ4v) is 4.28. The van der Waals surface area contributed by atoms with Crippen LogP contribution in [0.25, 0.3) is 10.9 Å². The molecule has 9 nitrogen and oxygen atoms in total. The number of anilines is 2. The molecule has 1 aromatic carbocycles. The van der Waals surface area contributed by atoms with E-state index in [0.717, 1.165) is 23.5 Å². The average Bonchev–Trinajstić information content (AvgIpc) is 3.11. The molecule has 0 fully saturated rings. The standard InChI is InChI=1S/C26H33N5O4/c1-7-34-20-12-16-13-31(24(27)21(16)29-22(20)25(33)28-5)14-19(32)15-10-17(26(2,3)4)23-18(11-15)30(6)8-9-35-23/h10-13H,7-9,14,27H2,1-6H3,(H,28,33). The van der Waals surface area contributed by atoms with Crippen molar-refractivity contribution in [2.24, 2.45) is 0 Å². The van der Waals surface area contributed by atoms with Gasteiger partial charge in [0.25, 0.3) is 5.91 Å². The lowest BCUT2D eigenvalue weighted by atomic mass is 9.84. The van der Waals surface area contributed by atoms with Crippen molar-refractivity contribution in [2.75, 3.05) is 44.5 Å². The third-order valence-electron chi connectivity index (χ3n) is 6.20. The summed E-state index contributed by atoms with van der Waals surface area (Å²) >= 11 is 0. The summed E-state index contributed by atoms with van der Waals surface area (Å²) in [7, 11) is 3.54. The van der Waals surface area contributed by atoms with Gasteiger partial charge in [0, 0.05) is 36.8 Å². The van der Waals surface area contributed by atoms with E-state index >= 15 is 0 Å². The molecule has 4 rings (SSSR count). The van der Waals surface area contributed by atoms with Gasteiger partial charge in [-0.3, -0.25) is 9.59 Å². The van der Waals surface area contributed by atoms with Crippen molar-refractivity contribution in [3.05, 3.63) is 41.2 Å². The van der Waals surface area contributed by atoms with Crippen molar-refractivity contribution in [3.63, 3.8) is 0 Å². The Balaban J connectivity index is 1.74. The first kappa shape index (κ1) is 24.4. The number of benzene rings is 1. The van der Waals surface area contributed by atoms with Crippen LogP contribution in [0.15, 0.2) is 24.4 Å². The van der Waals surface area contributed by atoms with E-state index in [4.69, 9.17) is 15.2 Å². The van der Waals surface area contributed by atoms with E-state index in [-0.39, 0.29) is 29.3 Å². The van der Waals surface area contributed by atoms with Gasteiger partial charge in [-0.15, -0.1) is 0 Å². The molecule has 0 saturated carbocycles. The first-order chi connectivity index (χ1) is 16.5. The molecule has 3 N–H and O–H groups in total. The number of carbonyl (C=O) groups excluding carboxylic acids is 2. The highest BCUT2D eigenvalue weighted by molar-refractivity contribution is 6.01. The smallest absolute Gasteiger partial charge is 0.273 e. The van der Waals surface area contributed by atoms with Gasteiger partial charge in [-0.1, -0.05) is 20.8 Å². The van der Waals surface area contributed by atoms with E-state index < -0.39 is 0 Å². The van der Waals surface area contributed by atoms with Gasteiger partial charge in [-0.2, -0.15) is 0 Å².